The molecule has 0 aromatic carbocycles. The van der Waals surface area contributed by atoms with Crippen molar-refractivity contribution in [3.63, 3.8) is 0 Å². The first kappa shape index (κ1) is 12.6. The number of hydrogen-bond donors (Lipinski definition) is 1. The Morgan fingerprint density at radius 1 is 1.53 bits per heavy atom. The predicted molar refractivity (Wildman–Crippen MR) is 72.2 cm³/mol. The Balaban J connectivity index is 1.98. The van der Waals surface area contributed by atoms with Crippen LogP contribution < -0.4 is 5.32 Å². The molecule has 0 radical (unpaired) electrons. The van der Waals surface area contributed by atoms with Crippen molar-refractivity contribution in [2.45, 2.75) is 45.4 Å². The van der Waals surface area contributed by atoms with E-state index in [0.717, 1.165) is 19.0 Å². The van der Waals surface area contributed by atoms with Gasteiger partial charge in [0.2, 0.25) is 0 Å². The molecule has 0 aliphatic heterocycles. The Morgan fingerprint density at radius 3 is 3.24 bits per heavy atom. The molecule has 2 unspecified atom stereocenters. The van der Waals surface area contributed by atoms with Crippen molar-refractivity contribution < 1.29 is 0 Å². The Kier molecular flexibility index (Phi) is 4.55. The molecular formula is C15H24N2. The normalized spacial score (nSPS) is 20.9. The fourth-order valence-electron chi connectivity index (χ4n) is 2.89. The highest BCUT2D eigenvalue weighted by Gasteiger charge is 2.22. The molecule has 94 valence electrons. The molecule has 0 spiro atoms. The second kappa shape index (κ2) is 6.15. The number of aromatic nitrogens is 1. The number of nitrogens with zero attached hydrogens (tertiary/aromatic N) is 1. The van der Waals surface area contributed by atoms with Gasteiger partial charge in [0.25, 0.3) is 0 Å². The average Bonchev–Trinajstić information content (AvgIpc) is 2.37. The van der Waals surface area contributed by atoms with Gasteiger partial charge >= 0.3 is 0 Å². The molecule has 1 aromatic heterocycles. The van der Waals surface area contributed by atoms with Crippen molar-refractivity contribution in [1.29, 1.82) is 0 Å². The zero-order valence-corrected chi connectivity index (χ0v) is 11.1. The molecule has 1 heterocycles. The van der Waals surface area contributed by atoms with Gasteiger partial charge in [0.05, 0.1) is 0 Å². The minimum Gasteiger partial charge on any atom is -0.317 e. The summed E-state index contributed by atoms with van der Waals surface area (Å²) in [6, 6.07) is 4.33. The summed E-state index contributed by atoms with van der Waals surface area (Å²) in [5.41, 5.74) is 2.86. The summed E-state index contributed by atoms with van der Waals surface area (Å²) in [5.74, 6) is 1.43. The third-order valence-corrected chi connectivity index (χ3v) is 3.74. The second-order valence-corrected chi connectivity index (χ2v) is 5.29. The molecule has 1 N–H and O–H groups in total. The van der Waals surface area contributed by atoms with Gasteiger partial charge in [0, 0.05) is 17.8 Å². The lowest BCUT2D eigenvalue weighted by atomic mass is 9.81. The second-order valence-electron chi connectivity index (χ2n) is 5.29. The minimum absolute atomic E-state index is 0.689. The molecule has 0 saturated carbocycles. The van der Waals surface area contributed by atoms with Crippen LogP contribution in [0.1, 0.15) is 50.3 Å². The first-order valence-electron chi connectivity index (χ1n) is 6.95. The maximum atomic E-state index is 4.61. The predicted octanol–water partition coefficient (Wildman–Crippen LogP) is 3.14. The van der Waals surface area contributed by atoms with E-state index in [2.05, 4.69) is 36.3 Å². The molecular weight excluding hydrogens is 208 g/mol. The first-order valence-corrected chi connectivity index (χ1v) is 6.95. The molecule has 1 aliphatic carbocycles. The summed E-state index contributed by atoms with van der Waals surface area (Å²) in [7, 11) is 0. The van der Waals surface area contributed by atoms with Gasteiger partial charge in [-0.2, -0.15) is 0 Å². The van der Waals surface area contributed by atoms with Crippen LogP contribution in [0.15, 0.2) is 18.3 Å². The number of aryl methyl sites for hydroxylation is 1. The summed E-state index contributed by atoms with van der Waals surface area (Å²) in [5, 5.41) is 3.44. The van der Waals surface area contributed by atoms with E-state index in [1.807, 2.05) is 6.20 Å². The Hall–Kier alpha value is -0.890. The van der Waals surface area contributed by atoms with E-state index < -0.39 is 0 Å². The topological polar surface area (TPSA) is 24.9 Å². The van der Waals surface area contributed by atoms with Crippen LogP contribution in [0.4, 0.5) is 0 Å². The van der Waals surface area contributed by atoms with Crippen molar-refractivity contribution in [2.75, 3.05) is 13.1 Å². The van der Waals surface area contributed by atoms with Crippen LogP contribution in [0.5, 0.6) is 0 Å². The summed E-state index contributed by atoms with van der Waals surface area (Å²) in [4.78, 5) is 4.61. The van der Waals surface area contributed by atoms with E-state index in [1.54, 1.807) is 0 Å². The summed E-state index contributed by atoms with van der Waals surface area (Å²) >= 11 is 0. The number of nitrogens with one attached hydrogen (secondary N) is 1. The largest absolute Gasteiger partial charge is 0.317 e. The van der Waals surface area contributed by atoms with Crippen LogP contribution in [0.25, 0.3) is 0 Å². The third-order valence-electron chi connectivity index (χ3n) is 3.74. The number of hydrogen-bond acceptors (Lipinski definition) is 2. The molecule has 2 nitrogen and oxygen atoms in total. The van der Waals surface area contributed by atoms with Crippen molar-refractivity contribution in [2.24, 2.45) is 5.92 Å². The maximum absolute atomic E-state index is 4.61. The van der Waals surface area contributed by atoms with E-state index in [1.165, 1.54) is 36.9 Å². The maximum Gasteiger partial charge on any atom is 0.0466 e. The van der Waals surface area contributed by atoms with Crippen LogP contribution >= 0.6 is 0 Å². The van der Waals surface area contributed by atoms with Gasteiger partial charge in [-0.05, 0) is 56.3 Å². The van der Waals surface area contributed by atoms with E-state index in [9.17, 15) is 0 Å². The average molecular weight is 232 g/mol. The first-order chi connectivity index (χ1) is 8.31. The smallest absolute Gasteiger partial charge is 0.0466 e. The fourth-order valence-corrected chi connectivity index (χ4v) is 2.89. The highest BCUT2D eigenvalue weighted by atomic mass is 14.8. The molecule has 2 heteroatoms. The van der Waals surface area contributed by atoms with E-state index in [-0.39, 0.29) is 0 Å². The van der Waals surface area contributed by atoms with Gasteiger partial charge in [0.15, 0.2) is 0 Å². The van der Waals surface area contributed by atoms with E-state index in [4.69, 9.17) is 0 Å². The zero-order chi connectivity index (χ0) is 12.1. The molecule has 2 rings (SSSR count). The van der Waals surface area contributed by atoms with Gasteiger partial charge in [-0.1, -0.05) is 19.9 Å². The Labute approximate surface area is 105 Å². The molecule has 1 aliphatic rings. The van der Waals surface area contributed by atoms with Gasteiger partial charge in [0.1, 0.15) is 0 Å². The standard InChI is InChI=1S/C15H24N2/c1-3-16-11-12(2)10-14-7-4-6-13-8-5-9-17-15(13)14/h5,8-9,12,14,16H,3-4,6-7,10-11H2,1-2H3. The van der Waals surface area contributed by atoms with Gasteiger partial charge in [-0.3, -0.25) is 4.98 Å². The number of fused-ring (bicyclic) bond motifs is 1. The monoisotopic (exact) mass is 232 g/mol. The number of rotatable bonds is 5. The molecule has 1 aromatic rings. The molecule has 2 atom stereocenters. The van der Waals surface area contributed by atoms with E-state index >= 15 is 0 Å². The number of pyridine rings is 1. The molecule has 0 bridgehead atoms. The molecule has 0 fully saturated rings. The quantitative estimate of drug-likeness (QED) is 0.843. The molecule has 0 saturated heterocycles. The lowest BCUT2D eigenvalue weighted by molar-refractivity contribution is 0.403. The Bertz CT molecular complexity index is 349. The Morgan fingerprint density at radius 2 is 2.41 bits per heavy atom. The SMILES string of the molecule is CCNCC(C)CC1CCCc2cccnc21. The van der Waals surface area contributed by atoms with E-state index in [0.29, 0.717) is 5.92 Å². The highest BCUT2D eigenvalue weighted by Crippen LogP contribution is 2.34. The lowest BCUT2D eigenvalue weighted by Crippen LogP contribution is -2.23. The lowest BCUT2D eigenvalue weighted by Gasteiger charge is -2.26. The van der Waals surface area contributed by atoms with Crippen molar-refractivity contribution in [3.05, 3.63) is 29.6 Å². The van der Waals surface area contributed by atoms with Crippen molar-refractivity contribution >= 4 is 0 Å². The fraction of sp³-hybridized carbons (Fsp3) is 0.667. The van der Waals surface area contributed by atoms with Crippen LogP contribution in [0.2, 0.25) is 0 Å². The van der Waals surface area contributed by atoms with Gasteiger partial charge < -0.3 is 5.32 Å². The van der Waals surface area contributed by atoms with Gasteiger partial charge in [-0.15, -0.1) is 0 Å². The van der Waals surface area contributed by atoms with Crippen LogP contribution in [-0.4, -0.2) is 18.1 Å². The van der Waals surface area contributed by atoms with Crippen molar-refractivity contribution in [3.8, 4) is 0 Å². The van der Waals surface area contributed by atoms with Crippen molar-refractivity contribution in [1.82, 2.24) is 10.3 Å². The highest BCUT2D eigenvalue weighted by molar-refractivity contribution is 5.25. The third kappa shape index (κ3) is 3.29. The summed E-state index contributed by atoms with van der Waals surface area (Å²) in [6.07, 6.45) is 7.10. The molecule has 17 heavy (non-hydrogen) atoms. The van der Waals surface area contributed by atoms with Crippen LogP contribution in [0, 0.1) is 5.92 Å². The summed E-state index contributed by atoms with van der Waals surface area (Å²) in [6.45, 7) is 6.73. The van der Waals surface area contributed by atoms with Crippen LogP contribution in [0.3, 0.4) is 0 Å². The summed E-state index contributed by atoms with van der Waals surface area (Å²) < 4.78 is 0. The molecule has 0 amide bonds. The van der Waals surface area contributed by atoms with Gasteiger partial charge in [-0.25, -0.2) is 0 Å². The van der Waals surface area contributed by atoms with Crippen LogP contribution in [-0.2, 0) is 6.42 Å². The zero-order valence-electron chi connectivity index (χ0n) is 11.1. The minimum atomic E-state index is 0.689.